The summed E-state index contributed by atoms with van der Waals surface area (Å²) in [5.41, 5.74) is 0. The van der Waals surface area contributed by atoms with Crippen molar-refractivity contribution in [2.45, 2.75) is 38.7 Å². The van der Waals surface area contributed by atoms with E-state index in [1.54, 1.807) is 0 Å². The Kier molecular flexibility index (Phi) is 3.46. The first-order valence-corrected chi connectivity index (χ1v) is 4.65. The molecule has 0 saturated heterocycles. The van der Waals surface area contributed by atoms with Gasteiger partial charge >= 0.3 is 5.97 Å². The number of hydrogen-bond acceptors (Lipinski definition) is 2. The summed E-state index contributed by atoms with van der Waals surface area (Å²) >= 11 is 0. The van der Waals surface area contributed by atoms with E-state index < -0.39 is 11.8 Å². The zero-order valence-electron chi connectivity index (χ0n) is 7.88. The number of halogens is 1. The second kappa shape index (κ2) is 4.40. The van der Waals surface area contributed by atoms with E-state index in [2.05, 4.69) is 13.5 Å². The Morgan fingerprint density at radius 2 is 1.92 bits per heavy atom. The second-order valence-corrected chi connectivity index (χ2v) is 3.69. The summed E-state index contributed by atoms with van der Waals surface area (Å²) in [6, 6.07) is 0. The van der Waals surface area contributed by atoms with Crippen LogP contribution in [0.2, 0.25) is 0 Å². The summed E-state index contributed by atoms with van der Waals surface area (Å²) < 4.78 is 17.1. The molecule has 1 fully saturated rings. The van der Waals surface area contributed by atoms with Crippen molar-refractivity contribution in [3.63, 3.8) is 0 Å². The molecule has 0 amide bonds. The van der Waals surface area contributed by atoms with Gasteiger partial charge in [-0.05, 0) is 31.6 Å². The van der Waals surface area contributed by atoms with E-state index >= 15 is 0 Å². The van der Waals surface area contributed by atoms with Crippen molar-refractivity contribution in [2.75, 3.05) is 0 Å². The fourth-order valence-electron chi connectivity index (χ4n) is 1.56. The molecule has 0 radical (unpaired) electrons. The van der Waals surface area contributed by atoms with Crippen molar-refractivity contribution in [1.29, 1.82) is 0 Å². The summed E-state index contributed by atoms with van der Waals surface area (Å²) in [6.45, 7) is 5.07. The second-order valence-electron chi connectivity index (χ2n) is 3.69. The largest absolute Gasteiger partial charge is 0.457 e. The number of esters is 1. The molecular weight excluding hydrogens is 171 g/mol. The highest BCUT2D eigenvalue weighted by Crippen LogP contribution is 2.25. The van der Waals surface area contributed by atoms with Crippen molar-refractivity contribution in [2.24, 2.45) is 5.92 Å². The summed E-state index contributed by atoms with van der Waals surface area (Å²) in [5, 5.41) is 0. The molecule has 0 aromatic carbocycles. The summed E-state index contributed by atoms with van der Waals surface area (Å²) in [5.74, 6) is -1.21. The van der Waals surface area contributed by atoms with Crippen LogP contribution in [0.5, 0.6) is 0 Å². The van der Waals surface area contributed by atoms with Crippen LogP contribution in [0.25, 0.3) is 0 Å². The van der Waals surface area contributed by atoms with Gasteiger partial charge in [0, 0.05) is 0 Å². The molecule has 1 rings (SSSR count). The van der Waals surface area contributed by atoms with Gasteiger partial charge in [0.2, 0.25) is 5.83 Å². The number of ether oxygens (including phenoxy) is 1. The lowest BCUT2D eigenvalue weighted by Crippen LogP contribution is -2.23. The van der Waals surface area contributed by atoms with Crippen LogP contribution in [0.15, 0.2) is 12.4 Å². The average molecular weight is 186 g/mol. The molecule has 1 aliphatic rings. The molecule has 1 aliphatic carbocycles. The third kappa shape index (κ3) is 3.17. The van der Waals surface area contributed by atoms with Crippen molar-refractivity contribution >= 4 is 5.97 Å². The fraction of sp³-hybridized carbons (Fsp3) is 0.700. The normalized spacial score (nSPS) is 28.2. The Bertz CT molecular complexity index is 205. The minimum atomic E-state index is -1.00. The van der Waals surface area contributed by atoms with Gasteiger partial charge in [-0.1, -0.05) is 13.5 Å². The van der Waals surface area contributed by atoms with Crippen LogP contribution < -0.4 is 0 Å². The third-order valence-electron chi connectivity index (χ3n) is 2.46. The van der Waals surface area contributed by atoms with Gasteiger partial charge in [-0.25, -0.2) is 4.79 Å². The van der Waals surface area contributed by atoms with Gasteiger partial charge in [-0.15, -0.1) is 0 Å². The molecule has 0 heterocycles. The summed E-state index contributed by atoms with van der Waals surface area (Å²) in [7, 11) is 0. The number of rotatable bonds is 2. The van der Waals surface area contributed by atoms with Crippen LogP contribution >= 0.6 is 0 Å². The average Bonchev–Trinajstić information content (AvgIpc) is 2.08. The lowest BCUT2D eigenvalue weighted by Gasteiger charge is -2.25. The molecule has 1 saturated carbocycles. The fourth-order valence-corrected chi connectivity index (χ4v) is 1.56. The minimum absolute atomic E-state index is 0.101. The quantitative estimate of drug-likeness (QED) is 0.489. The molecule has 13 heavy (non-hydrogen) atoms. The molecule has 0 unspecified atom stereocenters. The standard InChI is InChI=1S/C10H15FO2/c1-7-3-5-9(6-4-7)13-10(12)8(2)11/h7,9H,2-6H2,1H3. The van der Waals surface area contributed by atoms with Gasteiger partial charge in [0.1, 0.15) is 6.10 Å². The maximum atomic E-state index is 12.3. The SMILES string of the molecule is C=C(F)C(=O)OC1CCC(C)CC1. The summed E-state index contributed by atoms with van der Waals surface area (Å²) in [6.07, 6.45) is 3.70. The lowest BCUT2D eigenvalue weighted by atomic mass is 9.89. The monoisotopic (exact) mass is 186 g/mol. The van der Waals surface area contributed by atoms with Crippen molar-refractivity contribution in [3.05, 3.63) is 12.4 Å². The maximum Gasteiger partial charge on any atom is 0.366 e. The number of carbonyl (C=O) groups is 1. The van der Waals surface area contributed by atoms with Crippen LogP contribution in [0.1, 0.15) is 32.6 Å². The van der Waals surface area contributed by atoms with Gasteiger partial charge in [0.05, 0.1) is 0 Å². The van der Waals surface area contributed by atoms with E-state index in [0.29, 0.717) is 5.92 Å². The van der Waals surface area contributed by atoms with E-state index in [9.17, 15) is 9.18 Å². The van der Waals surface area contributed by atoms with Crippen molar-refractivity contribution < 1.29 is 13.9 Å². The Hall–Kier alpha value is -0.860. The molecule has 2 nitrogen and oxygen atoms in total. The Labute approximate surface area is 77.8 Å². The van der Waals surface area contributed by atoms with Crippen LogP contribution in [0.4, 0.5) is 4.39 Å². The first kappa shape index (κ1) is 10.2. The Morgan fingerprint density at radius 3 is 2.38 bits per heavy atom. The topological polar surface area (TPSA) is 26.3 Å². The van der Waals surface area contributed by atoms with E-state index in [4.69, 9.17) is 4.74 Å². The number of carbonyl (C=O) groups excluding carboxylic acids is 1. The predicted octanol–water partition coefficient (Wildman–Crippen LogP) is 2.59. The first-order chi connectivity index (χ1) is 6.09. The molecular formula is C10H15FO2. The molecule has 0 bridgehead atoms. The van der Waals surface area contributed by atoms with Crippen LogP contribution in [0, 0.1) is 5.92 Å². The lowest BCUT2D eigenvalue weighted by molar-refractivity contribution is -0.147. The van der Waals surface area contributed by atoms with Crippen LogP contribution in [-0.4, -0.2) is 12.1 Å². The number of hydrogen-bond donors (Lipinski definition) is 0. The van der Waals surface area contributed by atoms with Crippen LogP contribution in [-0.2, 0) is 9.53 Å². The smallest absolute Gasteiger partial charge is 0.366 e. The summed E-state index contributed by atoms with van der Waals surface area (Å²) in [4.78, 5) is 10.8. The van der Waals surface area contributed by atoms with E-state index in [-0.39, 0.29) is 6.10 Å². The Balaban J connectivity index is 2.30. The Morgan fingerprint density at radius 1 is 1.38 bits per heavy atom. The predicted molar refractivity (Wildman–Crippen MR) is 47.8 cm³/mol. The van der Waals surface area contributed by atoms with Gasteiger partial charge in [0.15, 0.2) is 0 Å². The van der Waals surface area contributed by atoms with Crippen molar-refractivity contribution in [3.8, 4) is 0 Å². The highest BCUT2D eigenvalue weighted by Gasteiger charge is 2.22. The van der Waals surface area contributed by atoms with Gasteiger partial charge in [-0.3, -0.25) is 0 Å². The van der Waals surface area contributed by atoms with E-state index in [0.717, 1.165) is 25.7 Å². The zero-order chi connectivity index (χ0) is 9.84. The molecule has 0 spiro atoms. The molecule has 0 aromatic rings. The molecule has 74 valence electrons. The van der Waals surface area contributed by atoms with E-state index in [1.165, 1.54) is 0 Å². The molecule has 0 aromatic heterocycles. The van der Waals surface area contributed by atoms with Crippen LogP contribution in [0.3, 0.4) is 0 Å². The highest BCUT2D eigenvalue weighted by molar-refractivity contribution is 5.85. The van der Waals surface area contributed by atoms with Crippen molar-refractivity contribution in [1.82, 2.24) is 0 Å². The third-order valence-corrected chi connectivity index (χ3v) is 2.46. The van der Waals surface area contributed by atoms with Gasteiger partial charge in [-0.2, -0.15) is 4.39 Å². The maximum absolute atomic E-state index is 12.3. The molecule has 3 heteroatoms. The molecule has 0 N–H and O–H groups in total. The van der Waals surface area contributed by atoms with E-state index in [1.807, 2.05) is 0 Å². The zero-order valence-corrected chi connectivity index (χ0v) is 7.88. The minimum Gasteiger partial charge on any atom is -0.457 e. The van der Waals surface area contributed by atoms with Gasteiger partial charge < -0.3 is 4.74 Å². The first-order valence-electron chi connectivity index (χ1n) is 4.65. The molecule has 0 aliphatic heterocycles. The van der Waals surface area contributed by atoms with Gasteiger partial charge in [0.25, 0.3) is 0 Å². The highest BCUT2D eigenvalue weighted by atomic mass is 19.1. The molecule has 0 atom stereocenters.